The second kappa shape index (κ2) is 12.1. The van der Waals surface area contributed by atoms with Crippen LogP contribution in [0.5, 0.6) is 5.75 Å². The van der Waals surface area contributed by atoms with Crippen molar-refractivity contribution >= 4 is 46.4 Å². The topological polar surface area (TPSA) is 83.8 Å². The number of hydrogen-bond acceptors (Lipinski definition) is 6. The van der Waals surface area contributed by atoms with Crippen molar-refractivity contribution in [2.75, 3.05) is 13.7 Å². The van der Waals surface area contributed by atoms with Gasteiger partial charge in [0.1, 0.15) is 5.69 Å². The molecule has 0 amide bonds. The minimum atomic E-state index is -2.75. The highest BCUT2D eigenvalue weighted by molar-refractivity contribution is 9.10. The van der Waals surface area contributed by atoms with Crippen molar-refractivity contribution in [1.82, 2.24) is 4.57 Å². The van der Waals surface area contributed by atoms with Crippen LogP contribution in [0.15, 0.2) is 76.1 Å². The summed E-state index contributed by atoms with van der Waals surface area (Å²) in [6, 6.07) is 20.8. The average Bonchev–Trinajstić information content (AvgIpc) is 2.93. The number of ketones is 1. The predicted octanol–water partition coefficient (Wildman–Crippen LogP) is 5.17. The Morgan fingerprint density at radius 1 is 1.05 bits per heavy atom. The fourth-order valence-electron chi connectivity index (χ4n) is 6.05. The number of carbonyl (C=O) groups excluding carboxylic acids is 2. The van der Waals surface area contributed by atoms with Crippen LogP contribution in [-0.4, -0.2) is 38.4 Å². The summed E-state index contributed by atoms with van der Waals surface area (Å²) in [6.45, 7) is 10.2. The number of fused-ring (bicyclic) bond motifs is 1. The Hall–Kier alpha value is -3.01. The van der Waals surface area contributed by atoms with Crippen LogP contribution in [0.3, 0.4) is 0 Å². The lowest BCUT2D eigenvalue weighted by Gasteiger charge is -2.44. The van der Waals surface area contributed by atoms with E-state index in [-0.39, 0.29) is 33.0 Å². The molecule has 0 N–H and O–H groups in total. The van der Waals surface area contributed by atoms with Crippen molar-refractivity contribution in [2.24, 2.45) is 5.41 Å². The molecule has 1 aromatic heterocycles. The van der Waals surface area contributed by atoms with Gasteiger partial charge in [0, 0.05) is 19.7 Å². The van der Waals surface area contributed by atoms with Gasteiger partial charge in [0.05, 0.1) is 23.5 Å². The van der Waals surface area contributed by atoms with Gasteiger partial charge in [-0.1, -0.05) is 81.4 Å². The minimum Gasteiger partial charge on any atom is -0.491 e. The van der Waals surface area contributed by atoms with Gasteiger partial charge in [-0.3, -0.25) is 14.4 Å². The van der Waals surface area contributed by atoms with Gasteiger partial charge in [0.2, 0.25) is 5.43 Å². The summed E-state index contributed by atoms with van der Waals surface area (Å²) in [5.74, 6) is -0.560. The summed E-state index contributed by atoms with van der Waals surface area (Å²) in [7, 11) is -1.34. The molecule has 2 heterocycles. The molecule has 2 unspecified atom stereocenters. The van der Waals surface area contributed by atoms with E-state index in [1.165, 1.54) is 24.4 Å². The Kier molecular flexibility index (Phi) is 9.11. The van der Waals surface area contributed by atoms with E-state index in [9.17, 15) is 14.4 Å². The number of methoxy groups -OCH3 is 1. The van der Waals surface area contributed by atoms with Gasteiger partial charge in [0.15, 0.2) is 17.6 Å². The zero-order valence-electron chi connectivity index (χ0n) is 24.5. The number of esters is 1. The Labute approximate surface area is 251 Å². The number of Topliss-reactive ketones (excluding diaryl/α,β-unsaturated/α-hetero) is 1. The molecule has 218 valence electrons. The molecule has 0 fully saturated rings. The minimum absolute atomic E-state index is 0.0361. The number of carbonyl (C=O) groups is 2. The number of aromatic nitrogens is 1. The van der Waals surface area contributed by atoms with E-state index in [2.05, 4.69) is 61.0 Å². The highest BCUT2D eigenvalue weighted by atomic mass is 79.9. The fraction of sp³-hybridized carbons (Fsp3) is 0.406. The highest BCUT2D eigenvalue weighted by Gasteiger charge is 2.52. The molecule has 0 radical (unpaired) electrons. The van der Waals surface area contributed by atoms with Crippen LogP contribution in [0.4, 0.5) is 0 Å². The normalized spacial score (nSPS) is 19.0. The lowest BCUT2D eigenvalue weighted by molar-refractivity contribution is -0.162. The highest BCUT2D eigenvalue weighted by Crippen LogP contribution is 2.47. The van der Waals surface area contributed by atoms with Crippen molar-refractivity contribution in [1.29, 1.82) is 0 Å². The van der Waals surface area contributed by atoms with Crippen molar-refractivity contribution in [3.63, 3.8) is 0 Å². The molecule has 4 rings (SSSR count). The zero-order valence-corrected chi connectivity index (χ0v) is 27.1. The molecule has 0 aliphatic carbocycles. The lowest BCUT2D eigenvalue weighted by Crippen LogP contribution is -2.66. The third-order valence-electron chi connectivity index (χ3n) is 8.08. The number of pyridine rings is 1. The van der Waals surface area contributed by atoms with Gasteiger partial charge in [-0.2, -0.15) is 0 Å². The first-order chi connectivity index (χ1) is 19.4. The molecule has 7 nitrogen and oxygen atoms in total. The van der Waals surface area contributed by atoms with Crippen LogP contribution in [-0.2, 0) is 25.3 Å². The average molecular weight is 641 g/mol. The van der Waals surface area contributed by atoms with Gasteiger partial charge >= 0.3 is 5.97 Å². The summed E-state index contributed by atoms with van der Waals surface area (Å²) in [5.41, 5.74) is -1.04. The summed E-state index contributed by atoms with van der Waals surface area (Å²) in [5, 5.41) is 2.18. The summed E-state index contributed by atoms with van der Waals surface area (Å²) >= 11 is 3.26. The number of rotatable bonds is 9. The van der Waals surface area contributed by atoms with Crippen molar-refractivity contribution in [2.45, 2.75) is 65.1 Å². The van der Waals surface area contributed by atoms with Crippen LogP contribution < -0.4 is 20.5 Å². The molecule has 1 aliphatic heterocycles. The Bertz CT molecular complexity index is 1430. The van der Waals surface area contributed by atoms with Crippen LogP contribution >= 0.6 is 15.9 Å². The van der Waals surface area contributed by atoms with E-state index in [4.69, 9.17) is 13.9 Å². The smallest absolute Gasteiger partial charge is 0.303 e. The molecule has 1 aliphatic rings. The molecular formula is C32H38BrNO6Si. The van der Waals surface area contributed by atoms with Gasteiger partial charge < -0.3 is 18.5 Å². The molecule has 9 heteroatoms. The zero-order chi connectivity index (χ0) is 30.0. The van der Waals surface area contributed by atoms with Crippen LogP contribution in [0.1, 0.15) is 59.3 Å². The molecule has 0 saturated heterocycles. The Morgan fingerprint density at radius 2 is 1.61 bits per heavy atom. The van der Waals surface area contributed by atoms with E-state index in [0.29, 0.717) is 25.1 Å². The maximum absolute atomic E-state index is 13.7. The lowest BCUT2D eigenvalue weighted by atomic mass is 9.72. The number of nitrogens with zero attached hydrogens (tertiary/aromatic N) is 1. The number of benzene rings is 2. The SMILES string of the molecule is COc1c2n(cc(Br)c1=O)CC(=O)C(C)(CCCO[Si](c1ccccc1)(c1ccccc1)C(C)(C)C)C2OC(C)=O. The molecule has 2 aromatic carbocycles. The Morgan fingerprint density at radius 3 is 2.10 bits per heavy atom. The van der Waals surface area contributed by atoms with Gasteiger partial charge in [-0.25, -0.2) is 0 Å². The van der Waals surface area contributed by atoms with Crippen molar-refractivity contribution in [3.8, 4) is 5.75 Å². The van der Waals surface area contributed by atoms with Crippen LogP contribution in [0.2, 0.25) is 5.04 Å². The fourth-order valence-corrected chi connectivity index (χ4v) is 11.1. The first kappa shape index (κ1) is 30.9. The molecule has 0 spiro atoms. The number of halogens is 1. The van der Waals surface area contributed by atoms with Crippen LogP contribution in [0.25, 0.3) is 0 Å². The van der Waals surface area contributed by atoms with Crippen molar-refractivity contribution in [3.05, 3.63) is 87.3 Å². The largest absolute Gasteiger partial charge is 0.491 e. The maximum atomic E-state index is 13.7. The first-order valence-corrected chi connectivity index (χ1v) is 16.5. The maximum Gasteiger partial charge on any atom is 0.303 e. The van der Waals surface area contributed by atoms with Gasteiger partial charge in [-0.15, -0.1) is 0 Å². The quantitative estimate of drug-likeness (QED) is 0.182. The Balaban J connectivity index is 1.68. The summed E-state index contributed by atoms with van der Waals surface area (Å²) in [4.78, 5) is 38.8. The van der Waals surface area contributed by atoms with Crippen LogP contribution in [0, 0.1) is 5.41 Å². The first-order valence-electron chi connectivity index (χ1n) is 13.8. The molecule has 0 saturated carbocycles. The molecular weight excluding hydrogens is 602 g/mol. The van der Waals surface area contributed by atoms with Gasteiger partial charge in [-0.05, 0) is 51.1 Å². The second-order valence-corrected chi connectivity index (χ2v) is 17.0. The number of ether oxygens (including phenoxy) is 2. The summed E-state index contributed by atoms with van der Waals surface area (Å²) in [6.07, 6.45) is 1.52. The molecule has 0 bridgehead atoms. The van der Waals surface area contributed by atoms with E-state index >= 15 is 0 Å². The monoisotopic (exact) mass is 639 g/mol. The van der Waals surface area contributed by atoms with E-state index in [1.807, 2.05) is 36.4 Å². The third-order valence-corrected chi connectivity index (χ3v) is 13.7. The van der Waals surface area contributed by atoms with Crippen molar-refractivity contribution < 1.29 is 23.5 Å². The molecule has 41 heavy (non-hydrogen) atoms. The predicted molar refractivity (Wildman–Crippen MR) is 165 cm³/mol. The standard InChI is InChI=1S/C32H38BrNO6Si/c1-22(35)40-30-27-29(38-6)28(37)25(33)20-34(27)21-26(36)32(30,5)18-13-19-39-41(31(2,3)4,23-14-9-7-10-15-23)24-16-11-8-12-17-24/h7-12,14-17,20,30H,13,18-19,21H2,1-6H3. The summed E-state index contributed by atoms with van der Waals surface area (Å²) < 4.78 is 20.2. The number of hydrogen-bond donors (Lipinski definition) is 0. The molecule has 2 atom stereocenters. The van der Waals surface area contributed by atoms with Gasteiger partial charge in [0.25, 0.3) is 8.32 Å². The van der Waals surface area contributed by atoms with E-state index in [0.717, 1.165) is 0 Å². The molecule has 3 aromatic rings. The third kappa shape index (κ3) is 5.72. The van der Waals surface area contributed by atoms with E-state index < -0.39 is 25.8 Å². The van der Waals surface area contributed by atoms with E-state index in [1.54, 1.807) is 17.7 Å². The second-order valence-electron chi connectivity index (χ2n) is 11.8.